The average molecular weight is 274 g/mol. The molecule has 18 heavy (non-hydrogen) atoms. The highest BCUT2D eigenvalue weighted by molar-refractivity contribution is 6.30. The van der Waals surface area contributed by atoms with E-state index in [4.69, 9.17) is 16.7 Å². The van der Waals surface area contributed by atoms with Gasteiger partial charge in [-0.3, -0.25) is 4.79 Å². The first-order valence-electron chi connectivity index (χ1n) is 5.40. The van der Waals surface area contributed by atoms with Gasteiger partial charge >= 0.3 is 5.97 Å². The molecule has 98 valence electrons. The monoisotopic (exact) mass is 273 g/mol. The normalized spacial score (nSPS) is 11.9. The molecule has 0 saturated heterocycles. The molecule has 0 radical (unpaired) electrons. The van der Waals surface area contributed by atoms with Crippen LogP contribution in [0.2, 0.25) is 5.02 Å². The van der Waals surface area contributed by atoms with E-state index >= 15 is 0 Å². The Labute approximate surface area is 109 Å². The van der Waals surface area contributed by atoms with Crippen LogP contribution >= 0.6 is 11.6 Å². The summed E-state index contributed by atoms with van der Waals surface area (Å²) in [7, 11) is 0. The second-order valence-electron chi connectivity index (χ2n) is 3.75. The highest BCUT2D eigenvalue weighted by Gasteiger charge is 2.28. The van der Waals surface area contributed by atoms with E-state index in [0.717, 1.165) is 11.0 Å². The molecule has 1 unspecified atom stereocenters. The summed E-state index contributed by atoms with van der Waals surface area (Å²) < 4.78 is 13.7. The van der Waals surface area contributed by atoms with Crippen molar-refractivity contribution in [2.45, 2.75) is 19.4 Å². The zero-order chi connectivity index (χ0) is 13.7. The number of nitrogens with zero attached hydrogens (tertiary/aromatic N) is 1. The summed E-state index contributed by atoms with van der Waals surface area (Å²) in [6.07, 6.45) is 0.980. The number of carbonyl (C=O) groups is 2. The SMILES string of the molecule is CCCN(C=O)C(C(=O)O)c1cc(Cl)ccc1F. The molecule has 6 heteroatoms. The standard InChI is InChI=1S/C12H13ClFNO3/c1-2-5-15(7-16)11(12(17)18)9-6-8(13)3-4-10(9)14/h3-4,6-7,11H,2,5H2,1H3,(H,17,18). The third-order valence-electron chi connectivity index (χ3n) is 2.44. The summed E-state index contributed by atoms with van der Waals surface area (Å²) in [5.74, 6) is -1.99. The molecule has 0 fully saturated rings. The van der Waals surface area contributed by atoms with Crippen LogP contribution in [0.1, 0.15) is 24.9 Å². The highest BCUT2D eigenvalue weighted by Crippen LogP contribution is 2.26. The predicted molar refractivity (Wildman–Crippen MR) is 64.8 cm³/mol. The van der Waals surface area contributed by atoms with Crippen molar-refractivity contribution in [2.75, 3.05) is 6.54 Å². The van der Waals surface area contributed by atoms with Crippen LogP contribution in [-0.2, 0) is 9.59 Å². The lowest BCUT2D eigenvalue weighted by molar-refractivity contribution is -0.146. The predicted octanol–water partition coefficient (Wildman–Crippen LogP) is 2.47. The number of benzene rings is 1. The van der Waals surface area contributed by atoms with Crippen LogP contribution in [0, 0.1) is 5.82 Å². The third-order valence-corrected chi connectivity index (χ3v) is 2.67. The van der Waals surface area contributed by atoms with Crippen LogP contribution in [0.4, 0.5) is 4.39 Å². The first-order valence-corrected chi connectivity index (χ1v) is 5.77. The lowest BCUT2D eigenvalue weighted by atomic mass is 10.0. The van der Waals surface area contributed by atoms with Gasteiger partial charge < -0.3 is 10.0 Å². The molecular weight excluding hydrogens is 261 g/mol. The highest BCUT2D eigenvalue weighted by atomic mass is 35.5. The van der Waals surface area contributed by atoms with Crippen molar-refractivity contribution in [3.05, 3.63) is 34.6 Å². The van der Waals surface area contributed by atoms with Crippen LogP contribution < -0.4 is 0 Å². The largest absolute Gasteiger partial charge is 0.479 e. The van der Waals surface area contributed by atoms with Gasteiger partial charge in [-0.2, -0.15) is 0 Å². The van der Waals surface area contributed by atoms with Gasteiger partial charge in [0.2, 0.25) is 6.41 Å². The minimum atomic E-state index is -1.36. The van der Waals surface area contributed by atoms with Gasteiger partial charge in [-0.1, -0.05) is 18.5 Å². The first-order chi connectivity index (χ1) is 8.51. The molecule has 0 bridgehead atoms. The maximum Gasteiger partial charge on any atom is 0.331 e. The Morgan fingerprint density at radius 2 is 2.28 bits per heavy atom. The number of carbonyl (C=O) groups excluding carboxylic acids is 1. The van der Waals surface area contributed by atoms with Crippen LogP contribution in [-0.4, -0.2) is 28.9 Å². The van der Waals surface area contributed by atoms with E-state index in [9.17, 15) is 14.0 Å². The van der Waals surface area contributed by atoms with E-state index in [0.29, 0.717) is 12.8 Å². The summed E-state index contributed by atoms with van der Waals surface area (Å²) in [4.78, 5) is 23.2. The molecule has 1 atom stereocenters. The third kappa shape index (κ3) is 3.20. The zero-order valence-electron chi connectivity index (χ0n) is 9.77. The fourth-order valence-corrected chi connectivity index (χ4v) is 1.86. The van der Waals surface area contributed by atoms with Crippen LogP contribution in [0.15, 0.2) is 18.2 Å². The topological polar surface area (TPSA) is 57.6 Å². The fraction of sp³-hybridized carbons (Fsp3) is 0.333. The smallest absolute Gasteiger partial charge is 0.331 e. The number of hydrogen-bond acceptors (Lipinski definition) is 2. The van der Waals surface area contributed by atoms with Gasteiger partial charge in [0, 0.05) is 17.1 Å². The number of rotatable bonds is 6. The van der Waals surface area contributed by atoms with Crippen molar-refractivity contribution in [3.63, 3.8) is 0 Å². The van der Waals surface area contributed by atoms with E-state index < -0.39 is 17.8 Å². The Kier molecular flexibility index (Phi) is 5.09. The molecule has 4 nitrogen and oxygen atoms in total. The molecule has 0 aromatic heterocycles. The minimum absolute atomic E-state index is 0.115. The molecule has 1 amide bonds. The Bertz CT molecular complexity index is 453. The summed E-state index contributed by atoms with van der Waals surface area (Å²) in [5, 5.41) is 9.38. The molecule has 1 aromatic carbocycles. The van der Waals surface area contributed by atoms with Crippen molar-refractivity contribution < 1.29 is 19.1 Å². The van der Waals surface area contributed by atoms with E-state index in [2.05, 4.69) is 0 Å². The van der Waals surface area contributed by atoms with Crippen molar-refractivity contribution in [3.8, 4) is 0 Å². The number of halogens is 2. The Morgan fingerprint density at radius 3 is 2.78 bits per heavy atom. The average Bonchev–Trinajstić information content (AvgIpc) is 2.32. The molecule has 0 heterocycles. The summed E-state index contributed by atoms with van der Waals surface area (Å²) in [6, 6.07) is 2.27. The number of amides is 1. The zero-order valence-corrected chi connectivity index (χ0v) is 10.5. The molecule has 0 aliphatic rings. The van der Waals surface area contributed by atoms with Gasteiger partial charge in [-0.05, 0) is 24.6 Å². The van der Waals surface area contributed by atoms with Gasteiger partial charge in [0.1, 0.15) is 5.82 Å². The molecule has 0 aliphatic carbocycles. The van der Waals surface area contributed by atoms with E-state index in [-0.39, 0.29) is 17.1 Å². The number of carboxylic acids is 1. The molecule has 1 rings (SSSR count). The molecule has 0 spiro atoms. The fourth-order valence-electron chi connectivity index (χ4n) is 1.68. The van der Waals surface area contributed by atoms with E-state index in [1.165, 1.54) is 12.1 Å². The van der Waals surface area contributed by atoms with Crippen molar-refractivity contribution in [1.29, 1.82) is 0 Å². The van der Waals surface area contributed by atoms with Gasteiger partial charge in [0.05, 0.1) is 0 Å². The Morgan fingerprint density at radius 1 is 1.61 bits per heavy atom. The number of carboxylic acid groups (broad SMARTS) is 1. The van der Waals surface area contributed by atoms with Crippen LogP contribution in [0.5, 0.6) is 0 Å². The van der Waals surface area contributed by atoms with Gasteiger partial charge in [0.15, 0.2) is 6.04 Å². The Hall–Kier alpha value is -1.62. The quantitative estimate of drug-likeness (QED) is 0.810. The molecular formula is C12H13ClFNO3. The second kappa shape index (κ2) is 6.35. The minimum Gasteiger partial charge on any atom is -0.479 e. The summed E-state index contributed by atoms with van der Waals surface area (Å²) >= 11 is 5.72. The maximum atomic E-state index is 13.7. The van der Waals surface area contributed by atoms with Crippen LogP contribution in [0.3, 0.4) is 0 Å². The number of hydrogen-bond donors (Lipinski definition) is 1. The number of aliphatic carboxylic acids is 1. The first kappa shape index (κ1) is 14.4. The van der Waals surface area contributed by atoms with Crippen molar-refractivity contribution in [1.82, 2.24) is 4.90 Å². The molecule has 0 saturated carbocycles. The van der Waals surface area contributed by atoms with E-state index in [1.54, 1.807) is 6.92 Å². The lowest BCUT2D eigenvalue weighted by Gasteiger charge is -2.25. The molecule has 0 aliphatic heterocycles. The van der Waals surface area contributed by atoms with Crippen LogP contribution in [0.25, 0.3) is 0 Å². The summed E-state index contributed by atoms with van der Waals surface area (Å²) in [6.45, 7) is 2.02. The van der Waals surface area contributed by atoms with Crippen molar-refractivity contribution >= 4 is 24.0 Å². The van der Waals surface area contributed by atoms with Crippen molar-refractivity contribution in [2.24, 2.45) is 0 Å². The Balaban J connectivity index is 3.22. The van der Waals surface area contributed by atoms with E-state index in [1.807, 2.05) is 0 Å². The van der Waals surface area contributed by atoms with Gasteiger partial charge in [-0.25, -0.2) is 9.18 Å². The molecule has 1 N–H and O–H groups in total. The maximum absolute atomic E-state index is 13.7. The second-order valence-corrected chi connectivity index (χ2v) is 4.19. The summed E-state index contributed by atoms with van der Waals surface area (Å²) in [5.41, 5.74) is -0.115. The van der Waals surface area contributed by atoms with Gasteiger partial charge in [-0.15, -0.1) is 0 Å². The lowest BCUT2D eigenvalue weighted by Crippen LogP contribution is -2.34. The van der Waals surface area contributed by atoms with Gasteiger partial charge in [0.25, 0.3) is 0 Å². The molecule has 1 aromatic rings.